The van der Waals surface area contributed by atoms with Crippen LogP contribution in [0.5, 0.6) is 0 Å². The second-order valence-electron chi connectivity index (χ2n) is 6.31. The van der Waals surface area contributed by atoms with Crippen molar-refractivity contribution < 1.29 is 14.0 Å². The summed E-state index contributed by atoms with van der Waals surface area (Å²) in [7, 11) is 0. The summed E-state index contributed by atoms with van der Waals surface area (Å²) in [6.45, 7) is 1.44. The molecule has 2 aromatic rings. The highest BCUT2D eigenvalue weighted by Gasteiger charge is 2.22. The molecule has 0 radical (unpaired) electrons. The lowest BCUT2D eigenvalue weighted by molar-refractivity contribution is -0.113. The van der Waals surface area contributed by atoms with Crippen LogP contribution in [0, 0.1) is 5.82 Å². The van der Waals surface area contributed by atoms with E-state index in [0.717, 1.165) is 44.1 Å². The van der Waals surface area contributed by atoms with Gasteiger partial charge in [-0.15, -0.1) is 11.8 Å². The van der Waals surface area contributed by atoms with Crippen LogP contribution >= 0.6 is 23.4 Å². The number of piperidine rings is 1. The lowest BCUT2D eigenvalue weighted by Gasteiger charge is -2.27. The number of carbonyl (C=O) groups excluding carboxylic acids is 2. The van der Waals surface area contributed by atoms with E-state index in [1.54, 1.807) is 41.3 Å². The Morgan fingerprint density at radius 1 is 1.11 bits per heavy atom. The molecule has 0 atom stereocenters. The standard InChI is InChI=1S/C20H20ClFN2O2S/c21-14-8-9-15(20(26)24-10-4-1-5-11-24)17(12-14)23-19(25)13-27-18-7-3-2-6-16(18)22/h2-3,6-9,12H,1,4-5,10-11,13H2,(H,23,25). The normalized spacial score (nSPS) is 14.1. The molecule has 0 spiro atoms. The molecule has 1 aliphatic rings. The van der Waals surface area contributed by atoms with Gasteiger partial charge in [0.2, 0.25) is 5.91 Å². The first-order valence-electron chi connectivity index (χ1n) is 8.80. The van der Waals surface area contributed by atoms with Crippen molar-refractivity contribution in [3.63, 3.8) is 0 Å². The average Bonchev–Trinajstić information content (AvgIpc) is 2.68. The van der Waals surface area contributed by atoms with Gasteiger partial charge >= 0.3 is 0 Å². The molecule has 0 unspecified atom stereocenters. The van der Waals surface area contributed by atoms with Crippen molar-refractivity contribution in [1.29, 1.82) is 0 Å². The summed E-state index contributed by atoms with van der Waals surface area (Å²) in [5, 5.41) is 3.18. The Labute approximate surface area is 167 Å². The first-order chi connectivity index (χ1) is 13.0. The Bertz CT molecular complexity index is 840. The summed E-state index contributed by atoms with van der Waals surface area (Å²) in [4.78, 5) is 27.4. The molecule has 27 heavy (non-hydrogen) atoms. The largest absolute Gasteiger partial charge is 0.339 e. The van der Waals surface area contributed by atoms with E-state index < -0.39 is 0 Å². The monoisotopic (exact) mass is 406 g/mol. The second kappa shape index (κ2) is 9.24. The van der Waals surface area contributed by atoms with Crippen LogP contribution in [0.4, 0.5) is 10.1 Å². The SMILES string of the molecule is O=C(CSc1ccccc1F)Nc1cc(Cl)ccc1C(=O)N1CCCCC1. The van der Waals surface area contributed by atoms with Crippen molar-refractivity contribution in [2.75, 3.05) is 24.2 Å². The van der Waals surface area contributed by atoms with Gasteiger partial charge in [-0.1, -0.05) is 23.7 Å². The number of benzene rings is 2. The third-order valence-corrected chi connectivity index (χ3v) is 5.61. The van der Waals surface area contributed by atoms with Crippen LogP contribution in [0.15, 0.2) is 47.4 Å². The van der Waals surface area contributed by atoms with E-state index in [9.17, 15) is 14.0 Å². The highest BCUT2D eigenvalue weighted by Crippen LogP contribution is 2.25. The number of carbonyl (C=O) groups is 2. The minimum atomic E-state index is -0.362. The summed E-state index contributed by atoms with van der Waals surface area (Å²) in [6, 6.07) is 11.1. The van der Waals surface area contributed by atoms with Crippen LogP contribution in [0.1, 0.15) is 29.6 Å². The summed E-state index contributed by atoms with van der Waals surface area (Å²) in [5.41, 5.74) is 0.808. The van der Waals surface area contributed by atoms with E-state index in [0.29, 0.717) is 21.2 Å². The van der Waals surface area contributed by atoms with Crippen molar-refractivity contribution in [2.24, 2.45) is 0 Å². The number of likely N-dealkylation sites (tertiary alicyclic amines) is 1. The predicted molar refractivity (Wildman–Crippen MR) is 107 cm³/mol. The zero-order valence-electron chi connectivity index (χ0n) is 14.7. The first-order valence-corrected chi connectivity index (χ1v) is 10.2. The Kier molecular flexibility index (Phi) is 6.74. The molecule has 2 amide bonds. The zero-order chi connectivity index (χ0) is 19.2. The molecule has 3 rings (SSSR count). The third-order valence-electron chi connectivity index (χ3n) is 4.32. The third kappa shape index (κ3) is 5.23. The van der Waals surface area contributed by atoms with Crippen molar-refractivity contribution in [3.8, 4) is 0 Å². The molecule has 1 N–H and O–H groups in total. The van der Waals surface area contributed by atoms with Crippen LogP contribution < -0.4 is 5.32 Å². The maximum atomic E-state index is 13.7. The molecule has 1 fully saturated rings. The molecule has 7 heteroatoms. The molecular formula is C20H20ClFN2O2S. The van der Waals surface area contributed by atoms with E-state index in [1.807, 2.05) is 0 Å². The van der Waals surface area contributed by atoms with Crippen LogP contribution in [0.25, 0.3) is 0 Å². The summed E-state index contributed by atoms with van der Waals surface area (Å²) >= 11 is 7.16. The van der Waals surface area contributed by atoms with Crippen LogP contribution in [-0.2, 0) is 4.79 Å². The number of amides is 2. The smallest absolute Gasteiger partial charge is 0.255 e. The number of nitrogens with one attached hydrogen (secondary N) is 1. The van der Waals surface area contributed by atoms with Crippen molar-refractivity contribution in [3.05, 3.63) is 58.9 Å². The van der Waals surface area contributed by atoms with Gasteiger partial charge in [-0.25, -0.2) is 4.39 Å². The van der Waals surface area contributed by atoms with E-state index in [2.05, 4.69) is 5.32 Å². The van der Waals surface area contributed by atoms with Gasteiger partial charge in [-0.05, 0) is 49.6 Å². The Hall–Kier alpha value is -2.05. The summed E-state index contributed by atoms with van der Waals surface area (Å²) in [5.74, 6) is -0.759. The fraction of sp³-hybridized carbons (Fsp3) is 0.300. The summed E-state index contributed by atoms with van der Waals surface area (Å²) in [6.07, 6.45) is 3.10. The quantitative estimate of drug-likeness (QED) is 0.723. The zero-order valence-corrected chi connectivity index (χ0v) is 16.3. The van der Waals surface area contributed by atoms with Gasteiger partial charge in [0, 0.05) is 23.0 Å². The average molecular weight is 407 g/mol. The Balaban J connectivity index is 1.70. The van der Waals surface area contributed by atoms with E-state index in [1.165, 1.54) is 6.07 Å². The van der Waals surface area contributed by atoms with Crippen molar-refractivity contribution in [2.45, 2.75) is 24.2 Å². The first kappa shape index (κ1) is 19.7. The molecule has 1 aliphatic heterocycles. The fourth-order valence-electron chi connectivity index (χ4n) is 2.97. The number of halogens is 2. The Morgan fingerprint density at radius 2 is 1.85 bits per heavy atom. The molecule has 142 valence electrons. The number of rotatable bonds is 5. The minimum absolute atomic E-state index is 0.0325. The van der Waals surface area contributed by atoms with E-state index in [4.69, 9.17) is 11.6 Å². The number of hydrogen-bond donors (Lipinski definition) is 1. The molecule has 0 aliphatic carbocycles. The van der Waals surface area contributed by atoms with Crippen LogP contribution in [-0.4, -0.2) is 35.6 Å². The molecule has 1 heterocycles. The van der Waals surface area contributed by atoms with Gasteiger partial charge in [0.15, 0.2) is 0 Å². The minimum Gasteiger partial charge on any atom is -0.339 e. The lowest BCUT2D eigenvalue weighted by atomic mass is 10.1. The number of nitrogens with zero attached hydrogens (tertiary/aromatic N) is 1. The molecule has 1 saturated heterocycles. The highest BCUT2D eigenvalue weighted by molar-refractivity contribution is 8.00. The maximum absolute atomic E-state index is 13.7. The van der Waals surface area contributed by atoms with Crippen LogP contribution in [0.2, 0.25) is 5.02 Å². The van der Waals surface area contributed by atoms with Crippen molar-refractivity contribution >= 4 is 40.9 Å². The molecule has 0 saturated carbocycles. The topological polar surface area (TPSA) is 49.4 Å². The number of anilines is 1. The molecule has 0 aromatic heterocycles. The number of hydrogen-bond acceptors (Lipinski definition) is 3. The molecule has 0 bridgehead atoms. The lowest BCUT2D eigenvalue weighted by Crippen LogP contribution is -2.36. The predicted octanol–water partition coefficient (Wildman–Crippen LogP) is 4.84. The number of thioether (sulfide) groups is 1. The van der Waals surface area contributed by atoms with Gasteiger partial charge in [-0.2, -0.15) is 0 Å². The van der Waals surface area contributed by atoms with Crippen LogP contribution in [0.3, 0.4) is 0 Å². The van der Waals surface area contributed by atoms with Gasteiger partial charge in [0.05, 0.1) is 17.0 Å². The Morgan fingerprint density at radius 3 is 2.59 bits per heavy atom. The fourth-order valence-corrected chi connectivity index (χ4v) is 3.88. The molecule has 2 aromatic carbocycles. The van der Waals surface area contributed by atoms with Gasteiger partial charge in [0.25, 0.3) is 5.91 Å². The van der Waals surface area contributed by atoms with Gasteiger partial charge < -0.3 is 10.2 Å². The van der Waals surface area contributed by atoms with Crippen molar-refractivity contribution in [1.82, 2.24) is 4.90 Å². The highest BCUT2D eigenvalue weighted by atomic mass is 35.5. The molecular weight excluding hydrogens is 387 g/mol. The van der Waals surface area contributed by atoms with E-state index in [-0.39, 0.29) is 23.4 Å². The molecule has 4 nitrogen and oxygen atoms in total. The second-order valence-corrected chi connectivity index (χ2v) is 7.76. The van der Waals surface area contributed by atoms with Gasteiger partial charge in [-0.3, -0.25) is 9.59 Å². The van der Waals surface area contributed by atoms with E-state index >= 15 is 0 Å². The maximum Gasteiger partial charge on any atom is 0.255 e. The van der Waals surface area contributed by atoms with Gasteiger partial charge in [0.1, 0.15) is 5.82 Å². The summed E-state index contributed by atoms with van der Waals surface area (Å²) < 4.78 is 13.7.